The molecule has 2 aromatic rings. The van der Waals surface area contributed by atoms with Crippen molar-refractivity contribution in [2.24, 2.45) is 5.10 Å². The number of rotatable bonds is 7. The van der Waals surface area contributed by atoms with Crippen LogP contribution in [-0.2, 0) is 11.3 Å². The molecular formula is C17H19FN2O. The van der Waals surface area contributed by atoms with Crippen LogP contribution in [0, 0.1) is 5.82 Å². The number of ether oxygens (including phenoxy) is 1. The molecule has 0 spiro atoms. The van der Waals surface area contributed by atoms with Crippen molar-refractivity contribution in [1.29, 1.82) is 0 Å². The third-order valence-electron chi connectivity index (χ3n) is 2.88. The molecule has 0 unspecified atom stereocenters. The molecule has 1 N–H and O–H groups in total. The van der Waals surface area contributed by atoms with E-state index in [2.05, 4.69) is 10.5 Å². The first kappa shape index (κ1) is 15.2. The fourth-order valence-corrected chi connectivity index (χ4v) is 1.84. The molecule has 0 aromatic heterocycles. The van der Waals surface area contributed by atoms with Crippen LogP contribution in [0.3, 0.4) is 0 Å². The van der Waals surface area contributed by atoms with Gasteiger partial charge in [0.15, 0.2) is 0 Å². The molecule has 0 atom stereocenters. The Morgan fingerprint density at radius 3 is 2.76 bits per heavy atom. The van der Waals surface area contributed by atoms with Crippen molar-refractivity contribution in [1.82, 2.24) is 0 Å². The maximum Gasteiger partial charge on any atom is 0.123 e. The van der Waals surface area contributed by atoms with Gasteiger partial charge in [-0.25, -0.2) is 4.39 Å². The van der Waals surface area contributed by atoms with Gasteiger partial charge in [-0.1, -0.05) is 31.2 Å². The van der Waals surface area contributed by atoms with E-state index in [1.807, 2.05) is 37.3 Å². The number of hydrazone groups is 1. The molecule has 0 saturated carbocycles. The number of para-hydroxylation sites is 1. The van der Waals surface area contributed by atoms with Crippen molar-refractivity contribution in [3.05, 3.63) is 65.5 Å². The molecule has 21 heavy (non-hydrogen) atoms. The summed E-state index contributed by atoms with van der Waals surface area (Å²) in [6, 6.07) is 14.3. The summed E-state index contributed by atoms with van der Waals surface area (Å²) in [4.78, 5) is 0. The molecule has 0 saturated heterocycles. The second kappa shape index (κ2) is 8.17. The van der Waals surface area contributed by atoms with E-state index in [0.29, 0.717) is 13.2 Å². The minimum Gasteiger partial charge on any atom is -0.377 e. The highest BCUT2D eigenvalue weighted by molar-refractivity contribution is 5.82. The molecule has 0 aliphatic carbocycles. The second-order valence-electron chi connectivity index (χ2n) is 4.63. The van der Waals surface area contributed by atoms with Gasteiger partial charge in [-0.05, 0) is 36.2 Å². The molecule has 0 bridgehead atoms. The monoisotopic (exact) mass is 286 g/mol. The molecule has 3 nitrogen and oxygen atoms in total. The van der Waals surface area contributed by atoms with E-state index < -0.39 is 0 Å². The SMILES string of the molecule is CCCOCc1cc(F)ccc1C=NNc1ccccc1. The lowest BCUT2D eigenvalue weighted by atomic mass is 10.1. The second-order valence-corrected chi connectivity index (χ2v) is 4.63. The maximum atomic E-state index is 13.3. The van der Waals surface area contributed by atoms with Gasteiger partial charge in [0.1, 0.15) is 5.82 Å². The lowest BCUT2D eigenvalue weighted by Gasteiger charge is -2.07. The Kier molecular flexibility index (Phi) is 5.91. The zero-order valence-corrected chi connectivity index (χ0v) is 12.1. The zero-order valence-electron chi connectivity index (χ0n) is 12.1. The largest absolute Gasteiger partial charge is 0.377 e. The molecular weight excluding hydrogens is 267 g/mol. The smallest absolute Gasteiger partial charge is 0.123 e. The van der Waals surface area contributed by atoms with Crippen LogP contribution in [0.2, 0.25) is 0 Å². The van der Waals surface area contributed by atoms with E-state index in [1.54, 1.807) is 12.3 Å². The van der Waals surface area contributed by atoms with Gasteiger partial charge >= 0.3 is 0 Å². The fraction of sp³-hybridized carbons (Fsp3) is 0.235. The van der Waals surface area contributed by atoms with Crippen molar-refractivity contribution in [3.8, 4) is 0 Å². The summed E-state index contributed by atoms with van der Waals surface area (Å²) in [6.45, 7) is 3.09. The topological polar surface area (TPSA) is 33.6 Å². The van der Waals surface area contributed by atoms with Crippen LogP contribution < -0.4 is 5.43 Å². The molecule has 4 heteroatoms. The molecule has 2 aromatic carbocycles. The Labute approximate surface area is 124 Å². The van der Waals surface area contributed by atoms with E-state index in [9.17, 15) is 4.39 Å². The zero-order chi connectivity index (χ0) is 14.9. The van der Waals surface area contributed by atoms with Gasteiger partial charge in [0.2, 0.25) is 0 Å². The number of hydrogen-bond acceptors (Lipinski definition) is 3. The normalized spacial score (nSPS) is 11.0. The van der Waals surface area contributed by atoms with E-state index in [4.69, 9.17) is 4.74 Å². The minimum atomic E-state index is -0.265. The Bertz CT molecular complexity index is 585. The van der Waals surface area contributed by atoms with Crippen LogP contribution in [-0.4, -0.2) is 12.8 Å². The predicted octanol–water partition coefficient (Wildman–Crippen LogP) is 4.20. The van der Waals surface area contributed by atoms with Crippen LogP contribution in [0.15, 0.2) is 53.6 Å². The molecule has 2 rings (SSSR count). The lowest BCUT2D eigenvalue weighted by molar-refractivity contribution is 0.121. The van der Waals surface area contributed by atoms with Gasteiger partial charge in [0.25, 0.3) is 0 Å². The highest BCUT2D eigenvalue weighted by Crippen LogP contribution is 2.12. The van der Waals surface area contributed by atoms with Gasteiger partial charge in [-0.3, -0.25) is 5.43 Å². The third-order valence-corrected chi connectivity index (χ3v) is 2.88. The van der Waals surface area contributed by atoms with Crippen molar-refractivity contribution >= 4 is 11.9 Å². The average Bonchev–Trinajstić information content (AvgIpc) is 2.51. The summed E-state index contributed by atoms with van der Waals surface area (Å²) in [5, 5.41) is 4.18. The van der Waals surface area contributed by atoms with Gasteiger partial charge in [0, 0.05) is 12.2 Å². The summed E-state index contributed by atoms with van der Waals surface area (Å²) in [5.74, 6) is -0.265. The minimum absolute atomic E-state index is 0.265. The molecule has 0 heterocycles. The van der Waals surface area contributed by atoms with Crippen molar-refractivity contribution in [3.63, 3.8) is 0 Å². The van der Waals surface area contributed by atoms with Crippen molar-refractivity contribution in [2.45, 2.75) is 20.0 Å². The average molecular weight is 286 g/mol. The molecule has 0 aliphatic heterocycles. The quantitative estimate of drug-likeness (QED) is 0.470. The maximum absolute atomic E-state index is 13.3. The van der Waals surface area contributed by atoms with Crippen LogP contribution in [0.1, 0.15) is 24.5 Å². The molecule has 110 valence electrons. The van der Waals surface area contributed by atoms with Crippen LogP contribution in [0.25, 0.3) is 0 Å². The van der Waals surface area contributed by atoms with Crippen molar-refractivity contribution in [2.75, 3.05) is 12.0 Å². The molecule has 0 fully saturated rings. The van der Waals surface area contributed by atoms with E-state index in [1.165, 1.54) is 12.1 Å². The first-order valence-corrected chi connectivity index (χ1v) is 7.00. The van der Waals surface area contributed by atoms with Gasteiger partial charge in [-0.15, -0.1) is 0 Å². The Hall–Kier alpha value is -2.20. The number of hydrogen-bond donors (Lipinski definition) is 1. The Morgan fingerprint density at radius 1 is 1.19 bits per heavy atom. The van der Waals surface area contributed by atoms with E-state index in [-0.39, 0.29) is 5.82 Å². The summed E-state index contributed by atoms with van der Waals surface area (Å²) in [5.41, 5.74) is 5.48. The predicted molar refractivity (Wildman–Crippen MR) is 84.0 cm³/mol. The third kappa shape index (κ3) is 5.00. The molecule has 0 amide bonds. The number of halogens is 1. The fourth-order valence-electron chi connectivity index (χ4n) is 1.84. The van der Waals surface area contributed by atoms with Crippen LogP contribution in [0.5, 0.6) is 0 Å². The van der Waals surface area contributed by atoms with Gasteiger partial charge < -0.3 is 4.74 Å². The van der Waals surface area contributed by atoms with Crippen LogP contribution in [0.4, 0.5) is 10.1 Å². The first-order chi connectivity index (χ1) is 10.3. The summed E-state index contributed by atoms with van der Waals surface area (Å²) in [6.07, 6.45) is 2.62. The highest BCUT2D eigenvalue weighted by atomic mass is 19.1. The number of anilines is 1. The number of nitrogens with one attached hydrogen (secondary N) is 1. The van der Waals surface area contributed by atoms with E-state index in [0.717, 1.165) is 23.2 Å². The Balaban J connectivity index is 2.04. The standard InChI is InChI=1S/C17H19FN2O/c1-2-10-21-13-15-11-16(18)9-8-14(15)12-19-20-17-6-4-3-5-7-17/h3-9,11-12,20H,2,10,13H2,1H3. The first-order valence-electron chi connectivity index (χ1n) is 7.00. The molecule has 0 radical (unpaired) electrons. The summed E-state index contributed by atoms with van der Waals surface area (Å²) in [7, 11) is 0. The lowest BCUT2D eigenvalue weighted by Crippen LogP contribution is -2.00. The Morgan fingerprint density at radius 2 is 2.00 bits per heavy atom. The van der Waals surface area contributed by atoms with Gasteiger partial charge in [-0.2, -0.15) is 5.10 Å². The summed E-state index contributed by atoms with van der Waals surface area (Å²) >= 11 is 0. The highest BCUT2D eigenvalue weighted by Gasteiger charge is 2.02. The van der Waals surface area contributed by atoms with E-state index >= 15 is 0 Å². The van der Waals surface area contributed by atoms with Crippen molar-refractivity contribution < 1.29 is 9.13 Å². The van der Waals surface area contributed by atoms with Crippen LogP contribution >= 0.6 is 0 Å². The summed E-state index contributed by atoms with van der Waals surface area (Å²) < 4.78 is 18.8. The molecule has 0 aliphatic rings. The number of nitrogens with zero attached hydrogens (tertiary/aromatic N) is 1. The van der Waals surface area contributed by atoms with Gasteiger partial charge in [0.05, 0.1) is 18.5 Å². The number of benzene rings is 2.